The molecule has 1 aliphatic carbocycles. The van der Waals surface area contributed by atoms with Gasteiger partial charge in [0.15, 0.2) is 0 Å². The molecular formula is C11H21NOS. The van der Waals surface area contributed by atoms with Gasteiger partial charge in [0.25, 0.3) is 0 Å². The Balaban J connectivity index is 1.85. The van der Waals surface area contributed by atoms with Crippen molar-refractivity contribution in [1.82, 2.24) is 4.90 Å². The van der Waals surface area contributed by atoms with Crippen molar-refractivity contribution in [1.29, 1.82) is 0 Å². The van der Waals surface area contributed by atoms with E-state index >= 15 is 0 Å². The molecule has 0 unspecified atom stereocenters. The lowest BCUT2D eigenvalue weighted by Gasteiger charge is -2.42. The van der Waals surface area contributed by atoms with Crippen molar-refractivity contribution in [2.45, 2.75) is 19.3 Å². The summed E-state index contributed by atoms with van der Waals surface area (Å²) in [7, 11) is -0.357. The van der Waals surface area contributed by atoms with Crippen LogP contribution in [-0.2, 0) is 4.79 Å². The lowest BCUT2D eigenvalue weighted by Crippen LogP contribution is -2.45. The molecule has 2 nitrogen and oxygen atoms in total. The molecule has 3 heteroatoms. The highest BCUT2D eigenvalue weighted by Gasteiger charge is 2.32. The fourth-order valence-electron chi connectivity index (χ4n) is 2.06. The fraction of sp³-hybridized carbons (Fsp3) is 0.909. The van der Waals surface area contributed by atoms with Gasteiger partial charge in [-0.2, -0.15) is 0 Å². The second-order valence-corrected chi connectivity index (χ2v) is 9.48. The Kier molecular flexibility index (Phi) is 2.78. The largest absolute Gasteiger partial charge is 0.341 e. The quantitative estimate of drug-likeness (QED) is 0.652. The zero-order chi connectivity index (χ0) is 10.2. The van der Waals surface area contributed by atoms with Crippen LogP contribution in [0.3, 0.4) is 0 Å². The van der Waals surface area contributed by atoms with Crippen LogP contribution < -0.4 is 0 Å². The topological polar surface area (TPSA) is 20.3 Å². The van der Waals surface area contributed by atoms with E-state index in [1.54, 1.807) is 0 Å². The van der Waals surface area contributed by atoms with Crippen LogP contribution in [0.2, 0.25) is 0 Å². The van der Waals surface area contributed by atoms with E-state index < -0.39 is 0 Å². The Morgan fingerprint density at radius 1 is 1.21 bits per heavy atom. The maximum atomic E-state index is 11.9. The van der Waals surface area contributed by atoms with Crippen LogP contribution in [0.4, 0.5) is 0 Å². The van der Waals surface area contributed by atoms with E-state index in [2.05, 4.69) is 17.4 Å². The van der Waals surface area contributed by atoms with Gasteiger partial charge < -0.3 is 4.90 Å². The van der Waals surface area contributed by atoms with Gasteiger partial charge >= 0.3 is 0 Å². The monoisotopic (exact) mass is 215 g/mol. The van der Waals surface area contributed by atoms with Crippen molar-refractivity contribution in [2.24, 2.45) is 5.92 Å². The van der Waals surface area contributed by atoms with Crippen LogP contribution in [-0.4, -0.2) is 47.9 Å². The smallest absolute Gasteiger partial charge is 0.225 e. The predicted molar refractivity (Wildman–Crippen MR) is 63.1 cm³/mol. The van der Waals surface area contributed by atoms with Crippen molar-refractivity contribution in [2.75, 3.05) is 37.1 Å². The molecule has 1 saturated heterocycles. The first-order valence-electron chi connectivity index (χ1n) is 5.56. The molecule has 0 aromatic heterocycles. The van der Waals surface area contributed by atoms with Crippen LogP contribution in [0.1, 0.15) is 19.3 Å². The average molecular weight is 215 g/mol. The van der Waals surface area contributed by atoms with Gasteiger partial charge in [0.05, 0.1) is 0 Å². The normalized spacial score (nSPS) is 29.4. The number of carbonyl (C=O) groups excluding carboxylic acids is 1. The SMILES string of the molecule is CS1(C)CCN(C(=O)C2CCC2)CC1. The molecule has 1 amide bonds. The second kappa shape index (κ2) is 3.76. The van der Waals surface area contributed by atoms with Crippen LogP contribution in [0.5, 0.6) is 0 Å². The molecule has 1 aliphatic heterocycles. The van der Waals surface area contributed by atoms with Gasteiger partial charge in [0.2, 0.25) is 5.91 Å². The minimum atomic E-state index is -0.357. The van der Waals surface area contributed by atoms with Gasteiger partial charge in [-0.25, -0.2) is 10.0 Å². The number of amides is 1. The summed E-state index contributed by atoms with van der Waals surface area (Å²) < 4.78 is 0. The number of rotatable bonds is 1. The van der Waals surface area contributed by atoms with Crippen molar-refractivity contribution >= 4 is 15.9 Å². The third kappa shape index (κ3) is 2.08. The molecule has 0 aromatic carbocycles. The summed E-state index contributed by atoms with van der Waals surface area (Å²) in [5.74, 6) is 3.36. The first-order chi connectivity index (χ1) is 6.58. The Morgan fingerprint density at radius 3 is 2.21 bits per heavy atom. The Hall–Kier alpha value is -0.180. The van der Waals surface area contributed by atoms with E-state index in [9.17, 15) is 4.79 Å². The number of carbonyl (C=O) groups is 1. The van der Waals surface area contributed by atoms with Gasteiger partial charge in [0, 0.05) is 19.0 Å². The summed E-state index contributed by atoms with van der Waals surface area (Å²) in [4.78, 5) is 14.0. The Morgan fingerprint density at radius 2 is 1.79 bits per heavy atom. The maximum Gasteiger partial charge on any atom is 0.225 e. The maximum absolute atomic E-state index is 11.9. The van der Waals surface area contributed by atoms with E-state index in [4.69, 9.17) is 0 Å². The molecule has 1 heterocycles. The van der Waals surface area contributed by atoms with Crippen LogP contribution >= 0.6 is 10.0 Å². The van der Waals surface area contributed by atoms with Crippen LogP contribution in [0, 0.1) is 5.92 Å². The molecule has 2 aliphatic rings. The van der Waals surface area contributed by atoms with Crippen molar-refractivity contribution in [3.05, 3.63) is 0 Å². The Bertz CT molecular complexity index is 225. The highest BCUT2D eigenvalue weighted by molar-refractivity contribution is 8.32. The van der Waals surface area contributed by atoms with E-state index in [1.165, 1.54) is 17.9 Å². The summed E-state index contributed by atoms with van der Waals surface area (Å²) in [6.45, 7) is 2.05. The van der Waals surface area contributed by atoms with Crippen LogP contribution in [0.25, 0.3) is 0 Å². The molecule has 0 atom stereocenters. The lowest BCUT2D eigenvalue weighted by atomic mass is 9.84. The molecule has 0 bridgehead atoms. The second-order valence-electron chi connectivity index (χ2n) is 5.13. The number of nitrogens with zero attached hydrogens (tertiary/aromatic N) is 1. The molecule has 0 spiro atoms. The van der Waals surface area contributed by atoms with Gasteiger partial charge in [-0.1, -0.05) is 6.42 Å². The number of hydrogen-bond donors (Lipinski definition) is 0. The summed E-state index contributed by atoms with van der Waals surface area (Å²) in [6.07, 6.45) is 8.33. The molecule has 82 valence electrons. The predicted octanol–water partition coefficient (Wildman–Crippen LogP) is 1.69. The van der Waals surface area contributed by atoms with Gasteiger partial charge in [-0.05, 0) is 36.9 Å². The summed E-state index contributed by atoms with van der Waals surface area (Å²) in [6, 6.07) is 0. The van der Waals surface area contributed by atoms with Gasteiger partial charge in [-0.3, -0.25) is 4.79 Å². The molecule has 0 N–H and O–H groups in total. The molecule has 14 heavy (non-hydrogen) atoms. The molecule has 2 fully saturated rings. The molecule has 0 aromatic rings. The van der Waals surface area contributed by atoms with E-state index in [0.29, 0.717) is 11.8 Å². The fourth-order valence-corrected chi connectivity index (χ4v) is 3.70. The van der Waals surface area contributed by atoms with Crippen LogP contribution in [0.15, 0.2) is 0 Å². The minimum absolute atomic E-state index is 0.357. The van der Waals surface area contributed by atoms with E-state index in [1.807, 2.05) is 0 Å². The molecule has 1 saturated carbocycles. The van der Waals surface area contributed by atoms with Gasteiger partial charge in [0.1, 0.15) is 0 Å². The van der Waals surface area contributed by atoms with Crippen molar-refractivity contribution in [3.63, 3.8) is 0 Å². The zero-order valence-corrected chi connectivity index (χ0v) is 10.1. The summed E-state index contributed by atoms with van der Waals surface area (Å²) in [5.41, 5.74) is 0. The first-order valence-corrected chi connectivity index (χ1v) is 8.35. The first kappa shape index (κ1) is 10.3. The molecular weight excluding hydrogens is 194 g/mol. The molecule has 0 radical (unpaired) electrons. The van der Waals surface area contributed by atoms with Gasteiger partial charge in [-0.15, -0.1) is 0 Å². The lowest BCUT2D eigenvalue weighted by molar-refractivity contribution is -0.137. The standard InChI is InChI=1S/C11H21NOS/c1-14(2)8-6-12(7-9-14)11(13)10-4-3-5-10/h10H,3-9H2,1-2H3. The van der Waals surface area contributed by atoms with E-state index in [-0.39, 0.29) is 10.0 Å². The average Bonchev–Trinajstić information content (AvgIpc) is 2.00. The van der Waals surface area contributed by atoms with Crippen molar-refractivity contribution in [3.8, 4) is 0 Å². The summed E-state index contributed by atoms with van der Waals surface area (Å²) in [5, 5.41) is 0. The minimum Gasteiger partial charge on any atom is -0.341 e. The highest BCUT2D eigenvalue weighted by Crippen LogP contribution is 2.42. The van der Waals surface area contributed by atoms with E-state index in [0.717, 1.165) is 25.9 Å². The third-order valence-corrected chi connectivity index (χ3v) is 6.17. The zero-order valence-electron chi connectivity index (χ0n) is 9.29. The summed E-state index contributed by atoms with van der Waals surface area (Å²) >= 11 is 0. The highest BCUT2D eigenvalue weighted by atomic mass is 32.3. The number of hydrogen-bond acceptors (Lipinski definition) is 1. The third-order valence-electron chi connectivity index (χ3n) is 3.59. The molecule has 2 rings (SSSR count). The Labute approximate surface area is 88.4 Å². The van der Waals surface area contributed by atoms with Crippen molar-refractivity contribution < 1.29 is 4.79 Å².